The van der Waals surface area contributed by atoms with Crippen LogP contribution in [0.1, 0.15) is 55.4 Å². The molecular formula is C70H54N2O2. The molecule has 0 radical (unpaired) electrons. The number of anilines is 5. The highest BCUT2D eigenvalue weighted by atomic mass is 16.5. The normalized spacial score (nSPS) is 14.4. The van der Waals surface area contributed by atoms with Gasteiger partial charge in [0.1, 0.15) is 17.1 Å². The van der Waals surface area contributed by atoms with Crippen LogP contribution >= 0.6 is 0 Å². The number of hydrogen-bond donors (Lipinski definition) is 0. The minimum Gasteiger partial charge on any atom is -0.459 e. The van der Waals surface area contributed by atoms with Crippen LogP contribution in [0, 0.1) is 13.8 Å². The van der Waals surface area contributed by atoms with E-state index in [9.17, 15) is 0 Å². The summed E-state index contributed by atoms with van der Waals surface area (Å²) in [4.78, 5) is 5.02. The molecule has 1 aliphatic carbocycles. The van der Waals surface area contributed by atoms with Crippen LogP contribution in [-0.4, -0.2) is 0 Å². The van der Waals surface area contributed by atoms with Crippen LogP contribution in [0.2, 0.25) is 0 Å². The first kappa shape index (κ1) is 43.9. The van der Waals surface area contributed by atoms with Crippen molar-refractivity contribution < 1.29 is 9.15 Å². The van der Waals surface area contributed by atoms with E-state index in [1.54, 1.807) is 0 Å². The molecule has 0 saturated heterocycles. The maximum absolute atomic E-state index is 7.10. The van der Waals surface area contributed by atoms with Crippen molar-refractivity contribution in [2.24, 2.45) is 0 Å². The molecule has 11 aromatic carbocycles. The fourth-order valence-corrected chi connectivity index (χ4v) is 11.9. The SMILES string of the molecule is Cc1ccc(-c2ccccc2)cc1N(C1=C2Oc3ccccc3C2CC=C1)c1cc(N(c2cc(-c3ccccc3)ccc2C)c2cccc3c2oc2ccccc23)c2ccc3cc(C(C)(C)C)cc4ccc1c2c43. The van der Waals surface area contributed by atoms with Crippen LogP contribution in [0.25, 0.3) is 76.5 Å². The zero-order valence-electron chi connectivity index (χ0n) is 42.3. The van der Waals surface area contributed by atoms with Gasteiger partial charge in [0, 0.05) is 43.9 Å². The second-order valence-electron chi connectivity index (χ2n) is 21.3. The van der Waals surface area contributed by atoms with E-state index in [4.69, 9.17) is 9.15 Å². The average molecular weight is 955 g/mol. The van der Waals surface area contributed by atoms with E-state index in [0.29, 0.717) is 0 Å². The van der Waals surface area contributed by atoms with Crippen LogP contribution in [0.5, 0.6) is 5.75 Å². The molecule has 0 amide bonds. The number of benzene rings is 11. The van der Waals surface area contributed by atoms with Crippen molar-refractivity contribution in [3.63, 3.8) is 0 Å². The summed E-state index contributed by atoms with van der Waals surface area (Å²) < 4.78 is 14.1. The summed E-state index contributed by atoms with van der Waals surface area (Å²) in [7, 11) is 0. The molecule has 356 valence electrons. The Morgan fingerprint density at radius 1 is 0.459 bits per heavy atom. The van der Waals surface area contributed by atoms with Crippen molar-refractivity contribution in [2.45, 2.75) is 52.4 Å². The number of aryl methyl sites for hydroxylation is 2. The Labute approximate surface area is 432 Å². The van der Waals surface area contributed by atoms with E-state index in [2.05, 4.69) is 263 Å². The molecule has 0 fully saturated rings. The molecule has 0 spiro atoms. The maximum Gasteiger partial charge on any atom is 0.159 e. The lowest BCUT2D eigenvalue weighted by Gasteiger charge is -2.35. The van der Waals surface area contributed by atoms with Gasteiger partial charge in [-0.2, -0.15) is 0 Å². The molecule has 4 heteroatoms. The molecule has 2 aliphatic rings. The maximum atomic E-state index is 7.10. The molecule has 14 rings (SSSR count). The second-order valence-corrected chi connectivity index (χ2v) is 21.3. The third kappa shape index (κ3) is 6.96. The zero-order chi connectivity index (χ0) is 49.8. The minimum atomic E-state index is -0.0428. The second kappa shape index (κ2) is 16.9. The largest absolute Gasteiger partial charge is 0.459 e. The van der Waals surface area contributed by atoms with E-state index >= 15 is 0 Å². The van der Waals surface area contributed by atoms with Crippen LogP contribution in [0.15, 0.2) is 234 Å². The number of allylic oxidation sites excluding steroid dienone is 3. The predicted molar refractivity (Wildman–Crippen MR) is 310 cm³/mol. The number of hydrogen-bond acceptors (Lipinski definition) is 4. The summed E-state index contributed by atoms with van der Waals surface area (Å²) in [6.45, 7) is 11.4. The number of para-hydroxylation sites is 3. The molecule has 1 unspecified atom stereocenters. The first-order chi connectivity index (χ1) is 36.2. The number of ether oxygens (including phenoxy) is 1. The average Bonchev–Trinajstić information content (AvgIpc) is 4.03. The summed E-state index contributed by atoms with van der Waals surface area (Å²) in [6, 6.07) is 75.6. The van der Waals surface area contributed by atoms with E-state index in [1.165, 1.54) is 32.7 Å². The first-order valence-corrected chi connectivity index (χ1v) is 25.9. The standard InChI is InChI=1S/C70H54N2O2/c1-43-30-32-47(45-18-8-6-9-19-45)40-60(43)71(58-26-16-24-54-52-22-12-14-28-64(52)73-68(54)58)62-42-63(57-37-35-50-39-51(70(3,4)5)38-49-34-36-56(62)67(57)66(49)50)72(61-41-48(33-31-44(61)2)46-20-10-7-11-21-46)59-27-17-25-55-53-23-13-15-29-65(53)74-69(55)59/h6-24,26-42,55H,25H2,1-5H3. The number of rotatable bonds is 8. The van der Waals surface area contributed by atoms with Gasteiger partial charge < -0.3 is 19.0 Å². The fraction of sp³-hybridized carbons (Fsp3) is 0.114. The summed E-state index contributed by atoms with van der Waals surface area (Å²) in [5.74, 6) is 1.97. The zero-order valence-corrected chi connectivity index (χ0v) is 42.3. The molecule has 2 heterocycles. The Balaban J connectivity index is 1.15. The van der Waals surface area contributed by atoms with Gasteiger partial charge in [-0.15, -0.1) is 0 Å². The third-order valence-corrected chi connectivity index (χ3v) is 15.7. The van der Waals surface area contributed by atoms with E-state index < -0.39 is 0 Å². The molecule has 0 N–H and O–H groups in total. The predicted octanol–water partition coefficient (Wildman–Crippen LogP) is 19.7. The Hall–Kier alpha value is -8.86. The minimum absolute atomic E-state index is 0.0428. The Bertz CT molecular complexity index is 4250. The van der Waals surface area contributed by atoms with Crippen LogP contribution < -0.4 is 14.5 Å². The molecular weight excluding hydrogens is 901 g/mol. The van der Waals surface area contributed by atoms with Gasteiger partial charge in [-0.25, -0.2) is 0 Å². The molecule has 12 aromatic rings. The Morgan fingerprint density at radius 2 is 1.05 bits per heavy atom. The Morgan fingerprint density at radius 3 is 1.73 bits per heavy atom. The summed E-state index contributed by atoms with van der Waals surface area (Å²) in [5, 5.41) is 9.39. The van der Waals surface area contributed by atoms with E-state index in [0.717, 1.165) is 118 Å². The van der Waals surface area contributed by atoms with Gasteiger partial charge >= 0.3 is 0 Å². The summed E-state index contributed by atoms with van der Waals surface area (Å²) in [6.07, 6.45) is 5.51. The lowest BCUT2D eigenvalue weighted by molar-refractivity contribution is 0.418. The first-order valence-electron chi connectivity index (χ1n) is 25.9. The highest BCUT2D eigenvalue weighted by Gasteiger charge is 2.37. The number of fused-ring (bicyclic) bond motifs is 6. The van der Waals surface area contributed by atoms with Gasteiger partial charge in [0.05, 0.1) is 28.7 Å². The molecule has 4 nitrogen and oxygen atoms in total. The monoisotopic (exact) mass is 954 g/mol. The van der Waals surface area contributed by atoms with Gasteiger partial charge in [0.25, 0.3) is 0 Å². The van der Waals surface area contributed by atoms with Gasteiger partial charge in [-0.05, 0) is 123 Å². The smallest absolute Gasteiger partial charge is 0.159 e. The van der Waals surface area contributed by atoms with Gasteiger partial charge in [-0.1, -0.05) is 197 Å². The van der Waals surface area contributed by atoms with E-state index in [-0.39, 0.29) is 11.3 Å². The van der Waals surface area contributed by atoms with Gasteiger partial charge in [-0.3, -0.25) is 0 Å². The summed E-state index contributed by atoms with van der Waals surface area (Å²) in [5.41, 5.74) is 17.3. The molecule has 1 aliphatic heterocycles. The highest BCUT2D eigenvalue weighted by molar-refractivity contribution is 6.29. The molecule has 0 saturated carbocycles. The van der Waals surface area contributed by atoms with Gasteiger partial charge in [0.2, 0.25) is 0 Å². The van der Waals surface area contributed by atoms with Crippen molar-refractivity contribution in [2.75, 3.05) is 9.80 Å². The van der Waals surface area contributed by atoms with Crippen LogP contribution in [0.3, 0.4) is 0 Å². The van der Waals surface area contributed by atoms with Crippen LogP contribution in [-0.2, 0) is 5.41 Å². The van der Waals surface area contributed by atoms with Crippen molar-refractivity contribution in [1.82, 2.24) is 0 Å². The Kier molecular flexibility index (Phi) is 10.0. The number of furan rings is 1. The van der Waals surface area contributed by atoms with Crippen molar-refractivity contribution in [3.8, 4) is 28.0 Å². The summed E-state index contributed by atoms with van der Waals surface area (Å²) >= 11 is 0. The molecule has 1 aromatic heterocycles. The molecule has 0 bridgehead atoms. The van der Waals surface area contributed by atoms with Crippen molar-refractivity contribution >= 4 is 82.7 Å². The van der Waals surface area contributed by atoms with Gasteiger partial charge in [0.15, 0.2) is 5.58 Å². The lowest BCUT2D eigenvalue weighted by atomic mass is 9.83. The van der Waals surface area contributed by atoms with Crippen molar-refractivity contribution in [3.05, 3.63) is 252 Å². The number of nitrogens with zero attached hydrogens (tertiary/aromatic N) is 2. The fourth-order valence-electron chi connectivity index (χ4n) is 11.9. The topological polar surface area (TPSA) is 28.9 Å². The lowest BCUT2D eigenvalue weighted by Crippen LogP contribution is -2.23. The van der Waals surface area contributed by atoms with Crippen molar-refractivity contribution in [1.29, 1.82) is 0 Å². The third-order valence-electron chi connectivity index (χ3n) is 15.7. The highest BCUT2D eigenvalue weighted by Crippen LogP contribution is 2.55. The quantitative estimate of drug-likeness (QED) is 0.142. The molecule has 74 heavy (non-hydrogen) atoms. The van der Waals surface area contributed by atoms with Crippen LogP contribution in [0.4, 0.5) is 28.4 Å². The van der Waals surface area contributed by atoms with E-state index in [1.807, 2.05) is 0 Å². The molecule has 1 atom stereocenters.